The largest absolute Gasteiger partial charge is 0.418 e. The molecule has 4 nitrogen and oxygen atoms in total. The first-order valence-corrected chi connectivity index (χ1v) is 10.6. The fourth-order valence-corrected chi connectivity index (χ4v) is 4.35. The molecule has 0 aliphatic carbocycles. The van der Waals surface area contributed by atoms with Gasteiger partial charge in [-0.2, -0.15) is 26.3 Å². The van der Waals surface area contributed by atoms with E-state index in [0.717, 1.165) is 24.3 Å². The van der Waals surface area contributed by atoms with Crippen molar-refractivity contribution in [2.75, 3.05) is 38.7 Å². The minimum Gasteiger partial charge on any atom is -0.388 e. The van der Waals surface area contributed by atoms with Gasteiger partial charge >= 0.3 is 12.4 Å². The number of anilines is 1. The van der Waals surface area contributed by atoms with Crippen LogP contribution in [0.25, 0.3) is 6.08 Å². The Bertz CT molecular complexity index is 1030. The van der Waals surface area contributed by atoms with Gasteiger partial charge in [-0.15, -0.1) is 0 Å². The Labute approximate surface area is 190 Å². The van der Waals surface area contributed by atoms with Crippen molar-refractivity contribution in [3.8, 4) is 0 Å². The summed E-state index contributed by atoms with van der Waals surface area (Å²) in [4.78, 5) is 13.4. The Kier molecular flexibility index (Phi) is 7.63. The second kappa shape index (κ2) is 10.1. The Morgan fingerprint density at radius 2 is 1.70 bits per heavy atom. The third-order valence-electron chi connectivity index (χ3n) is 4.85. The Balaban J connectivity index is 2.06. The van der Waals surface area contributed by atoms with Crippen LogP contribution in [0.1, 0.15) is 16.7 Å². The summed E-state index contributed by atoms with van der Waals surface area (Å²) in [6, 6.07) is 8.25. The van der Waals surface area contributed by atoms with E-state index in [2.05, 4.69) is 5.32 Å². The van der Waals surface area contributed by atoms with Gasteiger partial charge in [0.1, 0.15) is 0 Å². The molecule has 33 heavy (non-hydrogen) atoms. The number of nitrogens with one attached hydrogen (secondary N) is 1. The molecule has 1 aliphatic rings. The number of carbonyl (C=O) groups excluding carboxylic acids is 1. The van der Waals surface area contributed by atoms with Gasteiger partial charge in [-0.25, -0.2) is 0 Å². The molecule has 0 spiro atoms. The molecule has 1 fully saturated rings. The highest BCUT2D eigenvalue weighted by molar-refractivity contribution is 7.99. The van der Waals surface area contributed by atoms with Crippen LogP contribution in [0.3, 0.4) is 0 Å². The SMILES string of the molecule is CNc1cccc(Sc2ccc(C=CC(=O)N3CCOCC3)c(C(F)(F)F)c2C(F)(F)F)c1. The zero-order valence-electron chi connectivity index (χ0n) is 17.4. The fourth-order valence-electron chi connectivity index (χ4n) is 3.30. The molecule has 2 aromatic rings. The van der Waals surface area contributed by atoms with Gasteiger partial charge in [0.2, 0.25) is 5.91 Å². The van der Waals surface area contributed by atoms with Crippen LogP contribution in [-0.2, 0) is 21.9 Å². The molecule has 178 valence electrons. The van der Waals surface area contributed by atoms with E-state index in [4.69, 9.17) is 4.74 Å². The number of halogens is 6. The average molecular weight is 490 g/mol. The highest BCUT2D eigenvalue weighted by atomic mass is 32.2. The Hall–Kier alpha value is -2.66. The third kappa shape index (κ3) is 6.23. The summed E-state index contributed by atoms with van der Waals surface area (Å²) < 4.78 is 88.5. The van der Waals surface area contributed by atoms with Gasteiger partial charge in [-0.05, 0) is 35.9 Å². The van der Waals surface area contributed by atoms with Crippen LogP contribution in [0, 0.1) is 0 Å². The molecular formula is C22H20F6N2O2S. The highest BCUT2D eigenvalue weighted by Gasteiger charge is 2.46. The number of rotatable bonds is 5. The molecular weight excluding hydrogens is 470 g/mol. The molecule has 0 unspecified atom stereocenters. The number of nitrogens with zero attached hydrogens (tertiary/aromatic N) is 1. The van der Waals surface area contributed by atoms with Crippen LogP contribution in [-0.4, -0.2) is 44.2 Å². The van der Waals surface area contributed by atoms with Crippen LogP contribution >= 0.6 is 11.8 Å². The fraction of sp³-hybridized carbons (Fsp3) is 0.318. The van der Waals surface area contributed by atoms with Gasteiger partial charge in [-0.1, -0.05) is 23.9 Å². The van der Waals surface area contributed by atoms with Crippen molar-refractivity contribution in [1.82, 2.24) is 4.90 Å². The van der Waals surface area contributed by atoms with E-state index in [-0.39, 0.29) is 26.3 Å². The number of carbonyl (C=O) groups is 1. The van der Waals surface area contributed by atoms with Crippen LogP contribution < -0.4 is 5.32 Å². The van der Waals surface area contributed by atoms with E-state index in [1.807, 2.05) is 0 Å². The molecule has 1 N–H and O–H groups in total. The quantitative estimate of drug-likeness (QED) is 0.426. The summed E-state index contributed by atoms with van der Waals surface area (Å²) in [5.41, 5.74) is -3.73. The van der Waals surface area contributed by atoms with Crippen LogP contribution in [0.5, 0.6) is 0 Å². The zero-order valence-corrected chi connectivity index (χ0v) is 18.2. The summed E-state index contributed by atoms with van der Waals surface area (Å²) in [6.45, 7) is 1.08. The molecule has 0 bridgehead atoms. The van der Waals surface area contributed by atoms with E-state index >= 15 is 0 Å². The van der Waals surface area contributed by atoms with Crippen LogP contribution in [0.2, 0.25) is 0 Å². The number of morpholine rings is 1. The third-order valence-corrected chi connectivity index (χ3v) is 5.89. The number of hydrogen-bond acceptors (Lipinski definition) is 4. The van der Waals surface area contributed by atoms with E-state index in [9.17, 15) is 31.1 Å². The van der Waals surface area contributed by atoms with Crippen LogP contribution in [0.15, 0.2) is 52.3 Å². The molecule has 1 saturated heterocycles. The minimum absolute atomic E-state index is 0.254. The maximum absolute atomic E-state index is 13.9. The van der Waals surface area contributed by atoms with E-state index < -0.39 is 39.8 Å². The molecule has 0 radical (unpaired) electrons. The van der Waals surface area contributed by atoms with Crippen molar-refractivity contribution in [3.05, 3.63) is 59.2 Å². The number of ether oxygens (including phenoxy) is 1. The highest BCUT2D eigenvalue weighted by Crippen LogP contribution is 2.48. The monoisotopic (exact) mass is 490 g/mol. The lowest BCUT2D eigenvalue weighted by atomic mass is 9.99. The molecule has 0 aromatic heterocycles. The van der Waals surface area contributed by atoms with E-state index in [1.165, 1.54) is 17.0 Å². The van der Waals surface area contributed by atoms with Crippen molar-refractivity contribution >= 4 is 29.4 Å². The molecule has 3 rings (SSSR count). The first-order chi connectivity index (χ1) is 15.5. The van der Waals surface area contributed by atoms with E-state index in [0.29, 0.717) is 22.3 Å². The van der Waals surface area contributed by atoms with Crippen LogP contribution in [0.4, 0.5) is 32.0 Å². The first-order valence-electron chi connectivity index (χ1n) is 9.82. The van der Waals surface area contributed by atoms with Crippen molar-refractivity contribution in [1.29, 1.82) is 0 Å². The molecule has 2 aromatic carbocycles. The molecule has 0 saturated carbocycles. The van der Waals surface area contributed by atoms with Crippen molar-refractivity contribution in [2.24, 2.45) is 0 Å². The van der Waals surface area contributed by atoms with Gasteiger partial charge in [0, 0.05) is 41.7 Å². The maximum atomic E-state index is 13.9. The normalized spacial score (nSPS) is 15.2. The molecule has 1 amide bonds. The maximum Gasteiger partial charge on any atom is 0.418 e. The smallest absolute Gasteiger partial charge is 0.388 e. The summed E-state index contributed by atoms with van der Waals surface area (Å²) in [6.07, 6.45) is -8.92. The standard InChI is InChI=1S/C22H20F6N2O2S/c1-29-15-3-2-4-16(13-15)33-17-7-5-14(6-8-18(31)30-9-11-32-12-10-30)19(21(23,24)25)20(17)22(26,27)28/h2-8,13,29H,9-12H2,1H3. The van der Waals surface area contributed by atoms with E-state index in [1.54, 1.807) is 19.2 Å². The van der Waals surface area contributed by atoms with Crippen molar-refractivity contribution < 1.29 is 35.9 Å². The Morgan fingerprint density at radius 1 is 1.03 bits per heavy atom. The first kappa shape index (κ1) is 25.0. The minimum atomic E-state index is -5.30. The Morgan fingerprint density at radius 3 is 2.30 bits per heavy atom. The van der Waals surface area contributed by atoms with Gasteiger partial charge < -0.3 is 15.0 Å². The van der Waals surface area contributed by atoms with Gasteiger partial charge in [-0.3, -0.25) is 4.79 Å². The summed E-state index contributed by atoms with van der Waals surface area (Å²) in [7, 11) is 1.62. The predicted octanol–water partition coefficient (Wildman–Crippen LogP) is 5.79. The molecule has 1 heterocycles. The van der Waals surface area contributed by atoms with Gasteiger partial charge in [0.15, 0.2) is 0 Å². The zero-order chi connectivity index (χ0) is 24.2. The molecule has 0 atom stereocenters. The van der Waals surface area contributed by atoms with Crippen molar-refractivity contribution in [2.45, 2.75) is 22.1 Å². The summed E-state index contributed by atoms with van der Waals surface area (Å²) in [5, 5.41) is 2.83. The second-order valence-corrected chi connectivity index (χ2v) is 8.16. The second-order valence-electron chi connectivity index (χ2n) is 7.05. The predicted molar refractivity (Wildman–Crippen MR) is 113 cm³/mol. The number of benzene rings is 2. The van der Waals surface area contributed by atoms with Crippen molar-refractivity contribution in [3.63, 3.8) is 0 Å². The lowest BCUT2D eigenvalue weighted by Gasteiger charge is -2.25. The summed E-state index contributed by atoms with van der Waals surface area (Å²) >= 11 is 0.584. The number of amides is 1. The average Bonchev–Trinajstić information content (AvgIpc) is 2.77. The lowest BCUT2D eigenvalue weighted by Crippen LogP contribution is -2.39. The topological polar surface area (TPSA) is 41.6 Å². The summed E-state index contributed by atoms with van der Waals surface area (Å²) in [5.74, 6) is -0.595. The lowest BCUT2D eigenvalue weighted by molar-refractivity contribution is -0.163. The number of alkyl halides is 6. The molecule has 1 aliphatic heterocycles. The van der Waals surface area contributed by atoms with Gasteiger partial charge in [0.05, 0.1) is 24.3 Å². The van der Waals surface area contributed by atoms with Gasteiger partial charge in [0.25, 0.3) is 0 Å². The molecule has 11 heteroatoms. The number of hydrogen-bond donors (Lipinski definition) is 1.